The molecule has 4 rings (SSSR count). The second-order valence-electron chi connectivity index (χ2n) is 7.06. The number of thiophene rings is 1. The maximum absolute atomic E-state index is 12.2. The number of aliphatic carboxylic acids is 1. The molecule has 0 radical (unpaired) electrons. The Kier molecular flexibility index (Phi) is 4.43. The molecule has 0 aromatic carbocycles. The third kappa shape index (κ3) is 3.14. The van der Waals surface area contributed by atoms with Gasteiger partial charge >= 0.3 is 5.97 Å². The highest BCUT2D eigenvalue weighted by molar-refractivity contribution is 7.07. The number of nitrogens with zero attached hydrogens (tertiary/aromatic N) is 4. The lowest BCUT2D eigenvalue weighted by Crippen LogP contribution is -2.41. The summed E-state index contributed by atoms with van der Waals surface area (Å²) in [5, 5.41) is 14.3. The zero-order valence-corrected chi connectivity index (χ0v) is 14.9. The molecule has 2 atom stereocenters. The molecule has 6 nitrogen and oxygen atoms in total. The van der Waals surface area contributed by atoms with Crippen LogP contribution in [0.1, 0.15) is 18.4 Å². The van der Waals surface area contributed by atoms with Crippen LogP contribution >= 0.6 is 11.3 Å². The van der Waals surface area contributed by atoms with Gasteiger partial charge in [-0.15, -0.1) is 0 Å². The Bertz CT molecular complexity index is 724. The summed E-state index contributed by atoms with van der Waals surface area (Å²) >= 11 is 1.71. The zero-order chi connectivity index (χ0) is 17.3. The van der Waals surface area contributed by atoms with E-state index in [1.54, 1.807) is 29.8 Å². The quantitative estimate of drug-likeness (QED) is 0.905. The van der Waals surface area contributed by atoms with Crippen LogP contribution in [-0.4, -0.2) is 52.1 Å². The molecule has 0 unspecified atom stereocenters. The molecule has 0 bridgehead atoms. The Morgan fingerprint density at radius 1 is 1.36 bits per heavy atom. The van der Waals surface area contributed by atoms with Crippen LogP contribution in [0.2, 0.25) is 0 Å². The highest BCUT2D eigenvalue weighted by Gasteiger charge is 2.53. The second kappa shape index (κ2) is 6.72. The smallest absolute Gasteiger partial charge is 0.311 e. The van der Waals surface area contributed by atoms with Crippen LogP contribution in [0, 0.1) is 11.3 Å². The standard InChI is InChI=1S/C18H22N4O2S/c23-16(24)18-4-1-7-21(9-14-3-8-25-12-14)10-15(18)11-22(13-18)17-19-5-2-6-20-17/h2-3,5-6,8,12,15H,1,4,7,9-11,13H2,(H,23,24)/t15-,18-/m0/s1. The van der Waals surface area contributed by atoms with Crippen molar-refractivity contribution in [3.63, 3.8) is 0 Å². The minimum absolute atomic E-state index is 0.0925. The van der Waals surface area contributed by atoms with Crippen molar-refractivity contribution in [2.24, 2.45) is 11.3 Å². The molecule has 0 aliphatic carbocycles. The molecule has 2 aliphatic heterocycles. The molecule has 2 aliphatic rings. The lowest BCUT2D eigenvalue weighted by molar-refractivity contribution is -0.150. The van der Waals surface area contributed by atoms with E-state index in [1.807, 2.05) is 4.90 Å². The van der Waals surface area contributed by atoms with Gasteiger partial charge in [-0.2, -0.15) is 11.3 Å². The number of hydrogen-bond donors (Lipinski definition) is 1. The van der Waals surface area contributed by atoms with E-state index in [-0.39, 0.29) is 5.92 Å². The molecule has 132 valence electrons. The minimum Gasteiger partial charge on any atom is -0.481 e. The van der Waals surface area contributed by atoms with Crippen molar-refractivity contribution in [2.45, 2.75) is 19.4 Å². The van der Waals surface area contributed by atoms with Gasteiger partial charge in [-0.05, 0) is 47.8 Å². The first-order valence-electron chi connectivity index (χ1n) is 8.66. The van der Waals surface area contributed by atoms with Gasteiger partial charge in [0.05, 0.1) is 5.41 Å². The van der Waals surface area contributed by atoms with Gasteiger partial charge in [0, 0.05) is 44.5 Å². The van der Waals surface area contributed by atoms with E-state index >= 15 is 0 Å². The highest BCUT2D eigenvalue weighted by Crippen LogP contribution is 2.43. The fraction of sp³-hybridized carbons (Fsp3) is 0.500. The summed E-state index contributed by atoms with van der Waals surface area (Å²) in [6.45, 7) is 3.88. The Morgan fingerprint density at radius 2 is 2.20 bits per heavy atom. The summed E-state index contributed by atoms with van der Waals surface area (Å²) < 4.78 is 0. The summed E-state index contributed by atoms with van der Waals surface area (Å²) in [4.78, 5) is 25.3. The molecule has 25 heavy (non-hydrogen) atoms. The van der Waals surface area contributed by atoms with Crippen LogP contribution < -0.4 is 4.90 Å². The van der Waals surface area contributed by atoms with E-state index in [2.05, 4.69) is 31.7 Å². The largest absolute Gasteiger partial charge is 0.481 e. The molecule has 2 saturated heterocycles. The summed E-state index contributed by atoms with van der Waals surface area (Å²) in [6.07, 6.45) is 5.06. The van der Waals surface area contributed by atoms with Crippen molar-refractivity contribution < 1.29 is 9.90 Å². The first-order valence-corrected chi connectivity index (χ1v) is 9.60. The Morgan fingerprint density at radius 3 is 2.92 bits per heavy atom. The third-order valence-corrected chi connectivity index (χ3v) is 6.25. The molecular formula is C18H22N4O2S. The van der Waals surface area contributed by atoms with Crippen LogP contribution in [0.3, 0.4) is 0 Å². The predicted molar refractivity (Wildman–Crippen MR) is 96.6 cm³/mol. The van der Waals surface area contributed by atoms with Gasteiger partial charge in [0.25, 0.3) is 0 Å². The highest BCUT2D eigenvalue weighted by atomic mass is 32.1. The third-order valence-electron chi connectivity index (χ3n) is 5.52. The summed E-state index contributed by atoms with van der Waals surface area (Å²) in [7, 11) is 0. The summed E-state index contributed by atoms with van der Waals surface area (Å²) in [5.41, 5.74) is 0.622. The SMILES string of the molecule is O=C(O)[C@]12CCCN(Cc3ccsc3)C[C@H]1CN(c1ncccn1)C2. The van der Waals surface area contributed by atoms with Gasteiger partial charge < -0.3 is 10.0 Å². The van der Waals surface area contributed by atoms with Crippen LogP contribution in [0.4, 0.5) is 5.95 Å². The molecule has 2 fully saturated rings. The summed E-state index contributed by atoms with van der Waals surface area (Å²) in [5.74, 6) is 0.0591. The maximum Gasteiger partial charge on any atom is 0.311 e. The van der Waals surface area contributed by atoms with Crippen molar-refractivity contribution in [1.82, 2.24) is 14.9 Å². The minimum atomic E-state index is -0.692. The van der Waals surface area contributed by atoms with Gasteiger partial charge in [-0.25, -0.2) is 9.97 Å². The van der Waals surface area contributed by atoms with Crippen LogP contribution in [0.25, 0.3) is 0 Å². The molecule has 0 saturated carbocycles. The fourth-order valence-electron chi connectivity index (χ4n) is 4.25. The Hall–Kier alpha value is -1.99. The van der Waals surface area contributed by atoms with Crippen LogP contribution in [0.15, 0.2) is 35.3 Å². The topological polar surface area (TPSA) is 69.6 Å². The second-order valence-corrected chi connectivity index (χ2v) is 7.84. The molecule has 0 amide bonds. The normalized spacial score (nSPS) is 27.0. The van der Waals surface area contributed by atoms with E-state index in [9.17, 15) is 9.90 Å². The molecule has 2 aromatic heterocycles. The molecule has 4 heterocycles. The lowest BCUT2D eigenvalue weighted by atomic mass is 9.75. The fourth-order valence-corrected chi connectivity index (χ4v) is 4.91. The van der Waals surface area contributed by atoms with Crippen molar-refractivity contribution in [1.29, 1.82) is 0 Å². The number of carboxylic acid groups (broad SMARTS) is 1. The number of carbonyl (C=O) groups is 1. The predicted octanol–water partition coefficient (Wildman–Crippen LogP) is 2.34. The molecule has 0 spiro atoms. The van der Waals surface area contributed by atoms with E-state index in [0.29, 0.717) is 19.0 Å². The van der Waals surface area contributed by atoms with E-state index in [0.717, 1.165) is 32.5 Å². The zero-order valence-electron chi connectivity index (χ0n) is 14.0. The van der Waals surface area contributed by atoms with Gasteiger partial charge in [0.2, 0.25) is 5.95 Å². The van der Waals surface area contributed by atoms with Gasteiger partial charge in [-0.1, -0.05) is 0 Å². The van der Waals surface area contributed by atoms with Gasteiger partial charge in [-0.3, -0.25) is 9.69 Å². The first-order chi connectivity index (χ1) is 12.2. The number of anilines is 1. The van der Waals surface area contributed by atoms with Crippen molar-refractivity contribution >= 4 is 23.3 Å². The Labute approximate surface area is 151 Å². The maximum atomic E-state index is 12.2. The van der Waals surface area contributed by atoms with Gasteiger partial charge in [0.15, 0.2) is 0 Å². The van der Waals surface area contributed by atoms with Crippen LogP contribution in [0.5, 0.6) is 0 Å². The molecule has 2 aromatic rings. The first kappa shape index (κ1) is 16.5. The van der Waals surface area contributed by atoms with Gasteiger partial charge in [0.1, 0.15) is 0 Å². The van der Waals surface area contributed by atoms with Crippen molar-refractivity contribution in [3.05, 3.63) is 40.8 Å². The van der Waals surface area contributed by atoms with Crippen molar-refractivity contribution in [3.8, 4) is 0 Å². The van der Waals surface area contributed by atoms with E-state index in [4.69, 9.17) is 0 Å². The average molecular weight is 358 g/mol. The number of rotatable bonds is 4. The van der Waals surface area contributed by atoms with Crippen molar-refractivity contribution in [2.75, 3.05) is 31.1 Å². The molecule has 7 heteroatoms. The Balaban J connectivity index is 1.56. The average Bonchev–Trinajstić information content (AvgIpc) is 3.21. The number of likely N-dealkylation sites (tertiary alicyclic amines) is 1. The number of hydrogen-bond acceptors (Lipinski definition) is 6. The number of aromatic nitrogens is 2. The van der Waals surface area contributed by atoms with Crippen LogP contribution in [-0.2, 0) is 11.3 Å². The monoisotopic (exact) mass is 358 g/mol. The lowest BCUT2D eigenvalue weighted by Gasteiger charge is -2.29. The number of carboxylic acids is 1. The van der Waals surface area contributed by atoms with E-state index < -0.39 is 11.4 Å². The van der Waals surface area contributed by atoms with E-state index in [1.165, 1.54) is 5.56 Å². The summed E-state index contributed by atoms with van der Waals surface area (Å²) in [6, 6.07) is 3.94. The molecule has 1 N–H and O–H groups in total. The number of fused-ring (bicyclic) bond motifs is 1. The molecular weight excluding hydrogens is 336 g/mol.